The Bertz CT molecular complexity index is 478. The number of hydrogen-bond donors (Lipinski definition) is 1. The molecule has 0 fully saturated rings. The third kappa shape index (κ3) is 3.68. The van der Waals surface area contributed by atoms with Crippen molar-refractivity contribution in [3.8, 4) is 0 Å². The maximum atomic E-state index is 10.9. The largest absolute Gasteiger partial charge is 0.385 e. The van der Waals surface area contributed by atoms with Crippen molar-refractivity contribution >= 4 is 0 Å². The number of hydrogen-bond acceptors (Lipinski definition) is 1. The van der Waals surface area contributed by atoms with Gasteiger partial charge < -0.3 is 5.11 Å². The van der Waals surface area contributed by atoms with Crippen LogP contribution in [0.2, 0.25) is 0 Å². The van der Waals surface area contributed by atoms with Crippen LogP contribution in [-0.2, 0) is 12.0 Å². The molecule has 0 saturated carbocycles. The van der Waals surface area contributed by atoms with Gasteiger partial charge in [0.25, 0.3) is 0 Å². The molecule has 1 atom stereocenters. The standard InChI is InChI=1S/C18H22O/c1-2-14-18(19,17-11-7-4-8-12-17)15-13-16-9-5-3-6-10-16/h3-12,19H,2,13-15H2,1H3. The molecular weight excluding hydrogens is 232 g/mol. The fraction of sp³-hybridized carbons (Fsp3) is 0.333. The highest BCUT2D eigenvalue weighted by molar-refractivity contribution is 5.23. The van der Waals surface area contributed by atoms with Crippen LogP contribution in [0.5, 0.6) is 0 Å². The first-order valence-corrected chi connectivity index (χ1v) is 7.06. The van der Waals surface area contributed by atoms with Gasteiger partial charge in [0.15, 0.2) is 0 Å². The van der Waals surface area contributed by atoms with Crippen LogP contribution in [-0.4, -0.2) is 5.11 Å². The second-order valence-electron chi connectivity index (χ2n) is 5.13. The number of aliphatic hydroxyl groups is 1. The van der Waals surface area contributed by atoms with Gasteiger partial charge in [-0.3, -0.25) is 0 Å². The minimum absolute atomic E-state index is 0.703. The van der Waals surface area contributed by atoms with Crippen LogP contribution in [0, 0.1) is 0 Å². The van der Waals surface area contributed by atoms with Crippen molar-refractivity contribution < 1.29 is 5.11 Å². The van der Waals surface area contributed by atoms with Crippen LogP contribution in [0.15, 0.2) is 60.7 Å². The number of aryl methyl sites for hydroxylation is 1. The van der Waals surface area contributed by atoms with Crippen molar-refractivity contribution in [3.63, 3.8) is 0 Å². The van der Waals surface area contributed by atoms with Crippen LogP contribution >= 0.6 is 0 Å². The molecular formula is C18H22O. The molecule has 0 aliphatic carbocycles. The summed E-state index contributed by atoms with van der Waals surface area (Å²) in [5.41, 5.74) is 1.62. The summed E-state index contributed by atoms with van der Waals surface area (Å²) < 4.78 is 0. The van der Waals surface area contributed by atoms with E-state index in [-0.39, 0.29) is 0 Å². The SMILES string of the molecule is CCCC(O)(CCc1ccccc1)c1ccccc1. The van der Waals surface area contributed by atoms with Gasteiger partial charge in [-0.25, -0.2) is 0 Å². The van der Waals surface area contributed by atoms with Crippen molar-refractivity contribution in [1.29, 1.82) is 0 Å². The Morgan fingerprint density at radius 2 is 1.42 bits per heavy atom. The van der Waals surface area contributed by atoms with Gasteiger partial charge >= 0.3 is 0 Å². The average molecular weight is 254 g/mol. The van der Waals surface area contributed by atoms with Gasteiger partial charge in [0, 0.05) is 0 Å². The van der Waals surface area contributed by atoms with E-state index in [0.717, 1.165) is 31.2 Å². The van der Waals surface area contributed by atoms with Crippen LogP contribution < -0.4 is 0 Å². The molecule has 1 N–H and O–H groups in total. The first kappa shape index (κ1) is 13.8. The van der Waals surface area contributed by atoms with E-state index in [1.165, 1.54) is 5.56 Å². The molecule has 0 aliphatic heterocycles. The number of rotatable bonds is 6. The molecule has 1 heteroatoms. The molecule has 2 rings (SSSR count). The zero-order valence-corrected chi connectivity index (χ0v) is 11.5. The van der Waals surface area contributed by atoms with Gasteiger partial charge in [0.2, 0.25) is 0 Å². The average Bonchev–Trinajstić information content (AvgIpc) is 2.48. The second-order valence-corrected chi connectivity index (χ2v) is 5.13. The Kier molecular flexibility index (Phi) is 4.75. The van der Waals surface area contributed by atoms with E-state index in [9.17, 15) is 5.11 Å². The Balaban J connectivity index is 2.12. The molecule has 2 aromatic carbocycles. The lowest BCUT2D eigenvalue weighted by Crippen LogP contribution is -2.26. The van der Waals surface area contributed by atoms with E-state index in [2.05, 4.69) is 31.2 Å². The van der Waals surface area contributed by atoms with Crippen molar-refractivity contribution in [2.45, 2.75) is 38.2 Å². The summed E-state index contributed by atoms with van der Waals surface area (Å²) in [4.78, 5) is 0. The fourth-order valence-corrected chi connectivity index (χ4v) is 2.57. The lowest BCUT2D eigenvalue weighted by Gasteiger charge is -2.28. The third-order valence-electron chi connectivity index (χ3n) is 3.64. The molecule has 0 aliphatic rings. The van der Waals surface area contributed by atoms with Crippen LogP contribution in [0.1, 0.15) is 37.3 Å². The topological polar surface area (TPSA) is 20.2 Å². The van der Waals surface area contributed by atoms with Gasteiger partial charge in [-0.15, -0.1) is 0 Å². The lowest BCUT2D eigenvalue weighted by molar-refractivity contribution is 0.0180. The van der Waals surface area contributed by atoms with E-state index in [1.807, 2.05) is 36.4 Å². The van der Waals surface area contributed by atoms with E-state index in [1.54, 1.807) is 0 Å². The van der Waals surface area contributed by atoms with E-state index < -0.39 is 5.60 Å². The van der Waals surface area contributed by atoms with Crippen molar-refractivity contribution in [1.82, 2.24) is 0 Å². The summed E-state index contributed by atoms with van der Waals surface area (Å²) in [5, 5.41) is 10.9. The summed E-state index contributed by atoms with van der Waals surface area (Å²) >= 11 is 0. The molecule has 2 aromatic rings. The van der Waals surface area contributed by atoms with Gasteiger partial charge in [-0.1, -0.05) is 74.0 Å². The van der Waals surface area contributed by atoms with Crippen molar-refractivity contribution in [2.24, 2.45) is 0 Å². The molecule has 1 nitrogen and oxygen atoms in total. The van der Waals surface area contributed by atoms with Gasteiger partial charge in [0.1, 0.15) is 0 Å². The van der Waals surface area contributed by atoms with E-state index in [0.29, 0.717) is 0 Å². The Hall–Kier alpha value is -1.60. The van der Waals surface area contributed by atoms with Gasteiger partial charge in [0.05, 0.1) is 5.60 Å². The maximum Gasteiger partial charge on any atom is 0.0899 e. The summed E-state index contributed by atoms with van der Waals surface area (Å²) in [6, 6.07) is 20.4. The van der Waals surface area contributed by atoms with Crippen LogP contribution in [0.3, 0.4) is 0 Å². The molecule has 0 radical (unpaired) electrons. The molecule has 0 saturated heterocycles. The molecule has 0 bridgehead atoms. The summed E-state index contributed by atoms with van der Waals surface area (Å²) in [7, 11) is 0. The highest BCUT2D eigenvalue weighted by atomic mass is 16.3. The molecule has 0 amide bonds. The number of benzene rings is 2. The maximum absolute atomic E-state index is 10.9. The predicted octanol–water partition coefficient (Wildman–Crippen LogP) is 4.31. The predicted molar refractivity (Wildman–Crippen MR) is 80.0 cm³/mol. The highest BCUT2D eigenvalue weighted by Crippen LogP contribution is 2.31. The van der Waals surface area contributed by atoms with Crippen molar-refractivity contribution in [3.05, 3.63) is 71.8 Å². The summed E-state index contributed by atoms with van der Waals surface area (Å²) in [6.07, 6.45) is 3.48. The van der Waals surface area contributed by atoms with Crippen LogP contribution in [0.25, 0.3) is 0 Å². The zero-order valence-electron chi connectivity index (χ0n) is 11.5. The molecule has 0 heterocycles. The summed E-state index contributed by atoms with van der Waals surface area (Å²) in [5.74, 6) is 0. The molecule has 1 unspecified atom stereocenters. The Morgan fingerprint density at radius 3 is 2.00 bits per heavy atom. The lowest BCUT2D eigenvalue weighted by atomic mass is 9.84. The van der Waals surface area contributed by atoms with E-state index >= 15 is 0 Å². The first-order chi connectivity index (χ1) is 9.24. The highest BCUT2D eigenvalue weighted by Gasteiger charge is 2.27. The van der Waals surface area contributed by atoms with Gasteiger partial charge in [-0.05, 0) is 30.4 Å². The minimum Gasteiger partial charge on any atom is -0.385 e. The normalized spacial score (nSPS) is 14.0. The van der Waals surface area contributed by atoms with E-state index in [4.69, 9.17) is 0 Å². The monoisotopic (exact) mass is 254 g/mol. The van der Waals surface area contributed by atoms with Gasteiger partial charge in [-0.2, -0.15) is 0 Å². The second kappa shape index (κ2) is 6.53. The quantitative estimate of drug-likeness (QED) is 0.814. The Labute approximate surface area is 115 Å². The molecule has 100 valence electrons. The zero-order chi connectivity index (χ0) is 13.6. The van der Waals surface area contributed by atoms with Crippen LogP contribution in [0.4, 0.5) is 0 Å². The minimum atomic E-state index is -0.703. The Morgan fingerprint density at radius 1 is 0.842 bits per heavy atom. The smallest absolute Gasteiger partial charge is 0.0899 e. The fourth-order valence-electron chi connectivity index (χ4n) is 2.57. The summed E-state index contributed by atoms with van der Waals surface area (Å²) in [6.45, 7) is 2.12. The first-order valence-electron chi connectivity index (χ1n) is 7.06. The van der Waals surface area contributed by atoms with Crippen molar-refractivity contribution in [2.75, 3.05) is 0 Å². The third-order valence-corrected chi connectivity index (χ3v) is 3.64. The molecule has 0 spiro atoms. The molecule has 0 aromatic heterocycles. The molecule has 19 heavy (non-hydrogen) atoms.